The third-order valence-corrected chi connectivity index (χ3v) is 4.86. The molecule has 1 N–H and O–H groups in total. The molecule has 3 unspecified atom stereocenters. The first-order valence-electron chi connectivity index (χ1n) is 6.54. The number of rotatable bonds is 4. The molecule has 0 radical (unpaired) electrons. The Kier molecular flexibility index (Phi) is 5.23. The highest BCUT2D eigenvalue weighted by Crippen LogP contribution is 2.36. The van der Waals surface area contributed by atoms with Crippen molar-refractivity contribution in [3.05, 3.63) is 33.0 Å². The lowest BCUT2D eigenvalue weighted by atomic mass is 9.92. The van der Waals surface area contributed by atoms with Gasteiger partial charge in [-0.05, 0) is 40.9 Å². The van der Waals surface area contributed by atoms with Gasteiger partial charge >= 0.3 is 0 Å². The molecule has 0 amide bonds. The largest absolute Gasteiger partial charge is 0.376 e. The Morgan fingerprint density at radius 3 is 2.89 bits per heavy atom. The van der Waals surface area contributed by atoms with Gasteiger partial charge in [0.25, 0.3) is 0 Å². The molecule has 1 heterocycles. The molecule has 1 aromatic carbocycles. The molecule has 1 saturated heterocycles. The Hall–Kier alpha value is -0.160. The van der Waals surface area contributed by atoms with Gasteiger partial charge in [-0.15, -0.1) is 0 Å². The van der Waals surface area contributed by atoms with Crippen LogP contribution in [0.5, 0.6) is 0 Å². The summed E-state index contributed by atoms with van der Waals surface area (Å²) >= 11 is 9.22. The number of nitrogens with one attached hydrogen (secondary N) is 1. The Bertz CT molecular complexity index is 457. The van der Waals surface area contributed by atoms with Gasteiger partial charge in [0.05, 0.1) is 17.2 Å². The van der Waals surface area contributed by atoms with E-state index in [1.807, 2.05) is 6.92 Å². The van der Waals surface area contributed by atoms with Crippen molar-refractivity contribution >= 4 is 27.5 Å². The van der Waals surface area contributed by atoms with Crippen molar-refractivity contribution in [1.29, 1.82) is 0 Å². The Balaban J connectivity index is 2.36. The van der Waals surface area contributed by atoms with Crippen molar-refractivity contribution < 1.29 is 9.13 Å². The van der Waals surface area contributed by atoms with Gasteiger partial charge in [0.15, 0.2) is 0 Å². The summed E-state index contributed by atoms with van der Waals surface area (Å²) in [5.74, 6) is 0.0376. The lowest BCUT2D eigenvalue weighted by molar-refractivity contribution is 0.0601. The van der Waals surface area contributed by atoms with Crippen LogP contribution in [0, 0.1) is 11.7 Å². The molecule has 0 spiro atoms. The van der Waals surface area contributed by atoms with E-state index in [4.69, 9.17) is 16.3 Å². The van der Waals surface area contributed by atoms with Gasteiger partial charge in [-0.3, -0.25) is 0 Å². The van der Waals surface area contributed by atoms with E-state index < -0.39 is 0 Å². The predicted octanol–water partition coefficient (Wildman–Crippen LogP) is 4.32. The van der Waals surface area contributed by atoms with E-state index in [2.05, 4.69) is 28.2 Å². The minimum Gasteiger partial charge on any atom is -0.376 e. The van der Waals surface area contributed by atoms with E-state index in [9.17, 15) is 4.39 Å². The van der Waals surface area contributed by atoms with Crippen LogP contribution in [0.2, 0.25) is 5.02 Å². The summed E-state index contributed by atoms with van der Waals surface area (Å²) in [4.78, 5) is 0. The number of hydrogen-bond acceptors (Lipinski definition) is 2. The monoisotopic (exact) mass is 349 g/mol. The number of benzene rings is 1. The molecule has 0 aliphatic carbocycles. The van der Waals surface area contributed by atoms with Gasteiger partial charge in [-0.1, -0.05) is 31.5 Å². The summed E-state index contributed by atoms with van der Waals surface area (Å²) in [7, 11) is 0. The summed E-state index contributed by atoms with van der Waals surface area (Å²) in [6, 6.07) is 3.39. The van der Waals surface area contributed by atoms with Gasteiger partial charge in [0.2, 0.25) is 0 Å². The average Bonchev–Trinajstić information content (AvgIpc) is 2.80. The lowest BCUT2D eigenvalue weighted by Gasteiger charge is -2.28. The lowest BCUT2D eigenvalue weighted by Crippen LogP contribution is -2.35. The summed E-state index contributed by atoms with van der Waals surface area (Å²) < 4.78 is 20.7. The van der Waals surface area contributed by atoms with E-state index in [0.29, 0.717) is 16.0 Å². The van der Waals surface area contributed by atoms with E-state index in [1.165, 1.54) is 0 Å². The second-order valence-electron chi connectivity index (χ2n) is 4.90. The normalized spacial score (nSPS) is 24.7. The molecule has 2 rings (SSSR count). The first-order chi connectivity index (χ1) is 9.06. The Morgan fingerprint density at radius 1 is 1.58 bits per heavy atom. The molecule has 1 fully saturated rings. The van der Waals surface area contributed by atoms with Crippen molar-refractivity contribution in [2.75, 3.05) is 13.2 Å². The first kappa shape index (κ1) is 15.2. The molecule has 2 nitrogen and oxygen atoms in total. The molecule has 5 heteroatoms. The van der Waals surface area contributed by atoms with E-state index in [1.54, 1.807) is 12.1 Å². The van der Waals surface area contributed by atoms with Crippen LogP contribution in [0.4, 0.5) is 4.39 Å². The van der Waals surface area contributed by atoms with Crippen LogP contribution < -0.4 is 5.32 Å². The molecule has 1 aromatic rings. The van der Waals surface area contributed by atoms with Crippen molar-refractivity contribution in [1.82, 2.24) is 5.32 Å². The third-order valence-electron chi connectivity index (χ3n) is 3.60. The highest BCUT2D eigenvalue weighted by Gasteiger charge is 2.34. The number of hydrogen-bond donors (Lipinski definition) is 1. The average molecular weight is 351 g/mol. The zero-order valence-corrected chi connectivity index (χ0v) is 13.4. The Labute approximate surface area is 126 Å². The Morgan fingerprint density at radius 2 is 2.32 bits per heavy atom. The molecule has 1 aliphatic rings. The fourth-order valence-electron chi connectivity index (χ4n) is 2.55. The molecular weight excluding hydrogens is 333 g/mol. The smallest absolute Gasteiger partial charge is 0.147 e. The molecule has 0 bridgehead atoms. The van der Waals surface area contributed by atoms with Gasteiger partial charge in [0.1, 0.15) is 5.82 Å². The second kappa shape index (κ2) is 6.53. The van der Waals surface area contributed by atoms with Crippen LogP contribution in [-0.4, -0.2) is 19.3 Å². The zero-order chi connectivity index (χ0) is 14.0. The molecule has 0 aromatic heterocycles. The SMILES string of the molecule is CCNC(c1ccc(Br)c(Cl)c1F)C1OCCC1C. The standard InChI is InChI=1S/C14H18BrClFNO/c1-3-18-13(14-8(2)6-7-19-14)9-4-5-10(15)11(16)12(9)17/h4-5,8,13-14,18H,3,6-7H2,1-2H3. The van der Waals surface area contributed by atoms with E-state index in [0.717, 1.165) is 19.6 Å². The maximum Gasteiger partial charge on any atom is 0.147 e. The van der Waals surface area contributed by atoms with Crippen LogP contribution in [0.3, 0.4) is 0 Å². The van der Waals surface area contributed by atoms with E-state index >= 15 is 0 Å². The zero-order valence-electron chi connectivity index (χ0n) is 11.1. The van der Waals surface area contributed by atoms with E-state index in [-0.39, 0.29) is 23.0 Å². The molecule has 106 valence electrons. The van der Waals surface area contributed by atoms with Crippen molar-refractivity contribution in [2.24, 2.45) is 5.92 Å². The van der Waals surface area contributed by atoms with Crippen molar-refractivity contribution in [3.63, 3.8) is 0 Å². The summed E-state index contributed by atoms with van der Waals surface area (Å²) in [5, 5.41) is 3.45. The summed E-state index contributed by atoms with van der Waals surface area (Å²) in [6.45, 7) is 5.63. The van der Waals surface area contributed by atoms with Crippen LogP contribution in [0.15, 0.2) is 16.6 Å². The summed E-state index contributed by atoms with van der Waals surface area (Å²) in [6.07, 6.45) is 1.00. The highest BCUT2D eigenvalue weighted by atomic mass is 79.9. The van der Waals surface area contributed by atoms with Crippen LogP contribution in [0.25, 0.3) is 0 Å². The highest BCUT2D eigenvalue weighted by molar-refractivity contribution is 9.10. The van der Waals surface area contributed by atoms with Crippen molar-refractivity contribution in [3.8, 4) is 0 Å². The molecule has 19 heavy (non-hydrogen) atoms. The second-order valence-corrected chi connectivity index (χ2v) is 6.13. The van der Waals surface area contributed by atoms with Gasteiger partial charge in [-0.2, -0.15) is 0 Å². The molecule has 3 atom stereocenters. The fraction of sp³-hybridized carbons (Fsp3) is 0.571. The molecule has 0 saturated carbocycles. The van der Waals surface area contributed by atoms with Crippen LogP contribution in [0.1, 0.15) is 31.9 Å². The van der Waals surface area contributed by atoms with Crippen molar-refractivity contribution in [2.45, 2.75) is 32.4 Å². The molecular formula is C14H18BrClFNO. The predicted molar refractivity (Wildman–Crippen MR) is 79.0 cm³/mol. The summed E-state index contributed by atoms with van der Waals surface area (Å²) in [5.41, 5.74) is 0.578. The van der Waals surface area contributed by atoms with Gasteiger partial charge in [-0.25, -0.2) is 4.39 Å². The quantitative estimate of drug-likeness (QED) is 0.817. The molecule has 1 aliphatic heterocycles. The first-order valence-corrected chi connectivity index (χ1v) is 7.71. The van der Waals surface area contributed by atoms with Crippen LogP contribution in [-0.2, 0) is 4.74 Å². The number of halogens is 3. The third kappa shape index (κ3) is 3.13. The minimum absolute atomic E-state index is 0.00769. The van der Waals surface area contributed by atoms with Gasteiger partial charge in [0, 0.05) is 16.6 Å². The van der Waals surface area contributed by atoms with Gasteiger partial charge < -0.3 is 10.1 Å². The topological polar surface area (TPSA) is 21.3 Å². The number of ether oxygens (including phenoxy) is 1. The number of likely N-dealkylation sites (N-methyl/N-ethyl adjacent to an activating group) is 1. The fourth-order valence-corrected chi connectivity index (χ4v) is 3.03. The van der Waals surface area contributed by atoms with Crippen LogP contribution >= 0.6 is 27.5 Å². The minimum atomic E-state index is -0.371. The maximum absolute atomic E-state index is 14.4. The maximum atomic E-state index is 14.4.